The number of hydrogen-bond donors (Lipinski definition) is 1. The average Bonchev–Trinajstić information content (AvgIpc) is 3.08. The standard InChI is InChI=1S/C24H35N3O4/c1-15(2)11-18(12-17(5)28)25-24(29)19-13-20(27(26-19)14-16(3)4)23-21(30-6)9-8-10-22(23)31-7/h8-10,13,15-16,18H,11-12,14H2,1-7H3,(H,25,29)/t18-/m0/s1. The van der Waals surface area contributed by atoms with Gasteiger partial charge in [0, 0.05) is 19.0 Å². The largest absolute Gasteiger partial charge is 0.496 e. The van der Waals surface area contributed by atoms with Crippen molar-refractivity contribution in [3.05, 3.63) is 30.0 Å². The van der Waals surface area contributed by atoms with Crippen LogP contribution in [0.1, 0.15) is 57.9 Å². The van der Waals surface area contributed by atoms with Crippen LogP contribution in [0.25, 0.3) is 11.3 Å². The molecule has 1 N–H and O–H groups in total. The summed E-state index contributed by atoms with van der Waals surface area (Å²) in [5.41, 5.74) is 1.81. The van der Waals surface area contributed by atoms with E-state index in [1.807, 2.05) is 22.9 Å². The molecule has 0 aliphatic carbocycles. The Morgan fingerprint density at radius 2 is 1.68 bits per heavy atom. The van der Waals surface area contributed by atoms with E-state index < -0.39 is 0 Å². The smallest absolute Gasteiger partial charge is 0.272 e. The summed E-state index contributed by atoms with van der Waals surface area (Å²) in [5, 5.41) is 7.60. The number of amides is 1. The number of ketones is 1. The summed E-state index contributed by atoms with van der Waals surface area (Å²) in [6, 6.07) is 7.12. The molecule has 1 aromatic carbocycles. The van der Waals surface area contributed by atoms with Gasteiger partial charge in [-0.25, -0.2) is 0 Å². The molecule has 2 aromatic rings. The van der Waals surface area contributed by atoms with Crippen LogP contribution in [0.5, 0.6) is 11.5 Å². The monoisotopic (exact) mass is 429 g/mol. The Bertz CT molecular complexity index is 880. The van der Waals surface area contributed by atoms with Crippen LogP contribution in [0, 0.1) is 11.8 Å². The van der Waals surface area contributed by atoms with Crippen molar-refractivity contribution in [2.75, 3.05) is 14.2 Å². The summed E-state index contributed by atoms with van der Waals surface area (Å²) in [6.45, 7) is 10.5. The molecule has 1 amide bonds. The van der Waals surface area contributed by atoms with Crippen LogP contribution in [0.2, 0.25) is 0 Å². The minimum absolute atomic E-state index is 0.0516. The summed E-state index contributed by atoms with van der Waals surface area (Å²) < 4.78 is 13.0. The van der Waals surface area contributed by atoms with E-state index in [1.54, 1.807) is 27.2 Å². The van der Waals surface area contributed by atoms with Crippen molar-refractivity contribution < 1.29 is 19.1 Å². The van der Waals surface area contributed by atoms with Crippen LogP contribution < -0.4 is 14.8 Å². The van der Waals surface area contributed by atoms with Gasteiger partial charge in [-0.3, -0.25) is 14.3 Å². The van der Waals surface area contributed by atoms with Gasteiger partial charge in [-0.1, -0.05) is 33.8 Å². The van der Waals surface area contributed by atoms with Crippen molar-refractivity contribution >= 4 is 11.7 Å². The third-order valence-electron chi connectivity index (χ3n) is 4.86. The number of nitrogens with one attached hydrogen (secondary N) is 1. The lowest BCUT2D eigenvalue weighted by atomic mass is 9.99. The molecule has 0 saturated heterocycles. The second-order valence-corrected chi connectivity index (χ2v) is 8.73. The number of ether oxygens (including phenoxy) is 2. The van der Waals surface area contributed by atoms with Crippen molar-refractivity contribution in [1.82, 2.24) is 15.1 Å². The van der Waals surface area contributed by atoms with Gasteiger partial charge in [0.25, 0.3) is 5.91 Å². The van der Waals surface area contributed by atoms with Gasteiger partial charge in [-0.05, 0) is 43.4 Å². The van der Waals surface area contributed by atoms with Crippen molar-refractivity contribution in [3.8, 4) is 22.8 Å². The zero-order chi connectivity index (χ0) is 23.1. The number of hydrogen-bond acceptors (Lipinski definition) is 5. The molecule has 0 aliphatic heterocycles. The van der Waals surface area contributed by atoms with E-state index >= 15 is 0 Å². The second-order valence-electron chi connectivity index (χ2n) is 8.73. The van der Waals surface area contributed by atoms with E-state index in [0.29, 0.717) is 42.0 Å². The first-order chi connectivity index (χ1) is 14.7. The Balaban J connectivity index is 2.47. The molecule has 1 heterocycles. The van der Waals surface area contributed by atoms with E-state index in [2.05, 4.69) is 38.1 Å². The maximum Gasteiger partial charge on any atom is 0.272 e. The number of methoxy groups -OCH3 is 2. The highest BCUT2D eigenvalue weighted by atomic mass is 16.5. The maximum atomic E-state index is 13.0. The van der Waals surface area contributed by atoms with Crippen molar-refractivity contribution in [2.24, 2.45) is 11.8 Å². The first kappa shape index (κ1) is 24.4. The average molecular weight is 430 g/mol. The highest BCUT2D eigenvalue weighted by molar-refractivity contribution is 5.94. The van der Waals surface area contributed by atoms with Gasteiger partial charge in [0.2, 0.25) is 0 Å². The van der Waals surface area contributed by atoms with E-state index in [9.17, 15) is 9.59 Å². The molecule has 0 spiro atoms. The Morgan fingerprint density at radius 3 is 2.16 bits per heavy atom. The molecule has 7 nitrogen and oxygen atoms in total. The highest BCUT2D eigenvalue weighted by Crippen LogP contribution is 2.38. The molecule has 170 valence electrons. The maximum absolute atomic E-state index is 13.0. The first-order valence-corrected chi connectivity index (χ1v) is 10.8. The molecular formula is C24H35N3O4. The Labute approximate surface area is 185 Å². The first-order valence-electron chi connectivity index (χ1n) is 10.8. The SMILES string of the molecule is COc1cccc(OC)c1-c1cc(C(=O)N[C@H](CC(C)=O)CC(C)C)nn1CC(C)C. The fraction of sp³-hybridized carbons (Fsp3) is 0.542. The molecule has 0 fully saturated rings. The van der Waals surface area contributed by atoms with Gasteiger partial charge < -0.3 is 14.8 Å². The highest BCUT2D eigenvalue weighted by Gasteiger charge is 2.24. The van der Waals surface area contributed by atoms with E-state index in [1.165, 1.54) is 0 Å². The van der Waals surface area contributed by atoms with Gasteiger partial charge in [-0.15, -0.1) is 0 Å². The second kappa shape index (κ2) is 11.0. The molecule has 31 heavy (non-hydrogen) atoms. The molecule has 0 aliphatic rings. The summed E-state index contributed by atoms with van der Waals surface area (Å²) in [5.74, 6) is 1.73. The van der Waals surface area contributed by atoms with Crippen LogP contribution in [0.15, 0.2) is 24.3 Å². The minimum Gasteiger partial charge on any atom is -0.496 e. The molecule has 0 unspecified atom stereocenters. The Kier molecular flexibility index (Phi) is 8.65. The van der Waals surface area contributed by atoms with Gasteiger partial charge in [0.15, 0.2) is 5.69 Å². The van der Waals surface area contributed by atoms with Crippen molar-refractivity contribution in [1.29, 1.82) is 0 Å². The van der Waals surface area contributed by atoms with Gasteiger partial charge >= 0.3 is 0 Å². The van der Waals surface area contributed by atoms with Crippen LogP contribution in [0.3, 0.4) is 0 Å². The van der Waals surface area contributed by atoms with Crippen LogP contribution in [-0.2, 0) is 11.3 Å². The van der Waals surface area contributed by atoms with Crippen molar-refractivity contribution in [3.63, 3.8) is 0 Å². The molecule has 2 rings (SSSR count). The molecule has 1 aromatic heterocycles. The van der Waals surface area contributed by atoms with Crippen LogP contribution in [0.4, 0.5) is 0 Å². The predicted octanol–water partition coefficient (Wildman–Crippen LogP) is 4.35. The molecular weight excluding hydrogens is 394 g/mol. The molecule has 1 atom stereocenters. The fourth-order valence-electron chi connectivity index (χ4n) is 3.69. The summed E-state index contributed by atoms with van der Waals surface area (Å²) in [7, 11) is 3.21. The van der Waals surface area contributed by atoms with Crippen molar-refractivity contribution in [2.45, 2.75) is 60.0 Å². The molecule has 0 radical (unpaired) electrons. The lowest BCUT2D eigenvalue weighted by Crippen LogP contribution is -2.37. The topological polar surface area (TPSA) is 82.4 Å². The zero-order valence-electron chi connectivity index (χ0n) is 19.7. The zero-order valence-corrected chi connectivity index (χ0v) is 19.7. The van der Waals surface area contributed by atoms with E-state index in [4.69, 9.17) is 9.47 Å². The Hall–Kier alpha value is -2.83. The fourth-order valence-corrected chi connectivity index (χ4v) is 3.69. The van der Waals surface area contributed by atoms with Gasteiger partial charge in [0.05, 0.1) is 25.5 Å². The molecule has 0 saturated carbocycles. The number of Topliss-reactive ketones (excluding diaryl/α,β-unsaturated/α-hetero) is 1. The minimum atomic E-state index is -0.287. The number of carbonyl (C=O) groups is 2. The summed E-state index contributed by atoms with van der Waals surface area (Å²) in [6.07, 6.45) is 1.04. The molecule has 0 bridgehead atoms. The van der Waals surface area contributed by atoms with E-state index in [0.717, 1.165) is 17.7 Å². The van der Waals surface area contributed by atoms with Crippen LogP contribution >= 0.6 is 0 Å². The number of rotatable bonds is 11. The third kappa shape index (κ3) is 6.57. The molecule has 7 heteroatoms. The number of nitrogens with zero attached hydrogens (tertiary/aromatic N) is 2. The van der Waals surface area contributed by atoms with Gasteiger partial charge in [0.1, 0.15) is 17.3 Å². The lowest BCUT2D eigenvalue weighted by molar-refractivity contribution is -0.117. The predicted molar refractivity (Wildman–Crippen MR) is 122 cm³/mol. The number of aromatic nitrogens is 2. The normalized spacial score (nSPS) is 12.2. The third-order valence-corrected chi connectivity index (χ3v) is 4.86. The van der Waals surface area contributed by atoms with E-state index in [-0.39, 0.29) is 17.7 Å². The number of benzene rings is 1. The lowest BCUT2D eigenvalue weighted by Gasteiger charge is -2.18. The van der Waals surface area contributed by atoms with Gasteiger partial charge in [-0.2, -0.15) is 5.10 Å². The summed E-state index contributed by atoms with van der Waals surface area (Å²) >= 11 is 0. The van der Waals surface area contributed by atoms with Crippen LogP contribution in [-0.4, -0.2) is 41.7 Å². The summed E-state index contributed by atoms with van der Waals surface area (Å²) in [4.78, 5) is 24.7. The number of carbonyl (C=O) groups excluding carboxylic acids is 2. The quantitative estimate of drug-likeness (QED) is 0.574. The Morgan fingerprint density at radius 1 is 1.06 bits per heavy atom.